The third-order valence-electron chi connectivity index (χ3n) is 6.61. The lowest BCUT2D eigenvalue weighted by atomic mass is 9.97. The van der Waals surface area contributed by atoms with Crippen LogP contribution in [-0.2, 0) is 6.18 Å². The topological polar surface area (TPSA) is 77.2 Å². The number of hydrogen-bond acceptors (Lipinski definition) is 6. The fourth-order valence-electron chi connectivity index (χ4n) is 4.92. The minimum Gasteiger partial charge on any atom is -0.459 e. The number of hydrogen-bond donors (Lipinski definition) is 1. The van der Waals surface area contributed by atoms with Gasteiger partial charge >= 0.3 is 12.2 Å². The van der Waals surface area contributed by atoms with Crippen LogP contribution in [-0.4, -0.2) is 45.6 Å². The molecule has 1 aliphatic rings. The van der Waals surface area contributed by atoms with Gasteiger partial charge in [0.25, 0.3) is 0 Å². The molecular formula is C25H28ClF4N5O. The Kier molecular flexibility index (Phi) is 7.04. The minimum absolute atomic E-state index is 0.0427. The molecule has 0 saturated carbocycles. The molecule has 2 aromatic heterocycles. The van der Waals surface area contributed by atoms with Crippen LogP contribution in [0.4, 0.5) is 23.4 Å². The predicted octanol–water partition coefficient (Wildman–Crippen LogP) is 6.38. The molecule has 0 spiro atoms. The van der Waals surface area contributed by atoms with E-state index >= 15 is 4.39 Å². The van der Waals surface area contributed by atoms with E-state index in [1.54, 1.807) is 0 Å². The van der Waals surface area contributed by atoms with E-state index in [4.69, 9.17) is 22.1 Å². The number of halogens is 5. The summed E-state index contributed by atoms with van der Waals surface area (Å²) in [7, 11) is 2.01. The van der Waals surface area contributed by atoms with Gasteiger partial charge in [-0.25, -0.2) is 9.37 Å². The molecule has 194 valence electrons. The Morgan fingerprint density at radius 1 is 1.17 bits per heavy atom. The summed E-state index contributed by atoms with van der Waals surface area (Å²) in [6.45, 7) is 7.81. The maximum Gasteiger partial charge on any atom is 0.418 e. The Labute approximate surface area is 211 Å². The van der Waals surface area contributed by atoms with E-state index in [0.717, 1.165) is 25.5 Å². The van der Waals surface area contributed by atoms with Crippen LogP contribution in [0.15, 0.2) is 12.1 Å². The van der Waals surface area contributed by atoms with E-state index < -0.39 is 28.8 Å². The normalized spacial score (nSPS) is 17.8. The molecule has 4 rings (SSSR count). The third-order valence-corrected chi connectivity index (χ3v) is 6.90. The van der Waals surface area contributed by atoms with Crippen molar-refractivity contribution >= 4 is 28.3 Å². The number of fused-ring (bicyclic) bond motifs is 1. The van der Waals surface area contributed by atoms with Gasteiger partial charge in [0.1, 0.15) is 17.4 Å². The highest BCUT2D eigenvalue weighted by atomic mass is 35.5. The Bertz CT molecular complexity index is 1310. The van der Waals surface area contributed by atoms with Crippen molar-refractivity contribution in [3.63, 3.8) is 0 Å². The Morgan fingerprint density at radius 2 is 1.86 bits per heavy atom. The van der Waals surface area contributed by atoms with E-state index in [2.05, 4.69) is 19.9 Å². The lowest BCUT2D eigenvalue weighted by Gasteiger charge is -2.26. The summed E-state index contributed by atoms with van der Waals surface area (Å²) in [5.74, 6) is -1.39. The summed E-state index contributed by atoms with van der Waals surface area (Å²) in [6.07, 6.45) is -3.11. The summed E-state index contributed by atoms with van der Waals surface area (Å²) in [5, 5.41) is 0.0477. The fourth-order valence-corrected chi connectivity index (χ4v) is 5.20. The van der Waals surface area contributed by atoms with Crippen LogP contribution >= 0.6 is 11.6 Å². The molecular weight excluding hydrogens is 498 g/mol. The van der Waals surface area contributed by atoms with Crippen LogP contribution in [0.3, 0.4) is 0 Å². The van der Waals surface area contributed by atoms with Crippen molar-refractivity contribution in [3.8, 4) is 17.3 Å². The van der Waals surface area contributed by atoms with E-state index in [0.29, 0.717) is 11.1 Å². The lowest BCUT2D eigenvalue weighted by molar-refractivity contribution is -0.137. The molecule has 2 N–H and O–H groups in total. The number of anilines is 1. The molecule has 0 amide bonds. The van der Waals surface area contributed by atoms with Crippen LogP contribution in [0.5, 0.6) is 6.01 Å². The number of nitrogens with zero attached hydrogens (tertiary/aromatic N) is 4. The SMILES string of the molecule is Cc1cc(N)nc(-c2c(Cl)cc3c(C(C)C)nc(OC(C)C4CCCN4C)nc3c2F)c1C(F)(F)F. The van der Waals surface area contributed by atoms with Crippen molar-refractivity contribution in [3.05, 3.63) is 39.8 Å². The van der Waals surface area contributed by atoms with E-state index in [9.17, 15) is 13.2 Å². The van der Waals surface area contributed by atoms with Gasteiger partial charge in [0, 0.05) is 11.4 Å². The average Bonchev–Trinajstić information content (AvgIpc) is 3.18. The molecule has 3 aromatic rings. The average molecular weight is 526 g/mol. The summed E-state index contributed by atoms with van der Waals surface area (Å²) < 4.78 is 64.0. The molecule has 6 nitrogen and oxygen atoms in total. The smallest absolute Gasteiger partial charge is 0.418 e. The first-order valence-electron chi connectivity index (χ1n) is 11.7. The van der Waals surface area contributed by atoms with E-state index in [1.807, 2.05) is 27.8 Å². The first-order chi connectivity index (χ1) is 16.8. The largest absolute Gasteiger partial charge is 0.459 e. The molecule has 3 heterocycles. The molecule has 0 aliphatic carbocycles. The van der Waals surface area contributed by atoms with Crippen molar-refractivity contribution in [1.82, 2.24) is 19.9 Å². The molecule has 1 aliphatic heterocycles. The summed E-state index contributed by atoms with van der Waals surface area (Å²) in [4.78, 5) is 14.8. The molecule has 0 radical (unpaired) electrons. The maximum atomic E-state index is 16.1. The number of ether oxygens (including phenoxy) is 1. The van der Waals surface area contributed by atoms with E-state index in [-0.39, 0.29) is 46.0 Å². The number of benzene rings is 1. The molecule has 2 atom stereocenters. The van der Waals surface area contributed by atoms with Gasteiger partial charge in [-0.15, -0.1) is 0 Å². The van der Waals surface area contributed by atoms with Gasteiger partial charge < -0.3 is 10.5 Å². The number of likely N-dealkylation sites (N-methyl/N-ethyl adjacent to an activating group) is 1. The van der Waals surface area contributed by atoms with Gasteiger partial charge in [0.2, 0.25) is 0 Å². The van der Waals surface area contributed by atoms with Gasteiger partial charge in [0.15, 0.2) is 5.82 Å². The van der Waals surface area contributed by atoms with Crippen molar-refractivity contribution in [2.75, 3.05) is 19.3 Å². The fraction of sp³-hybridized carbons (Fsp3) is 0.480. The molecule has 1 aromatic carbocycles. The molecule has 11 heteroatoms. The zero-order chi connectivity index (χ0) is 26.5. The first-order valence-corrected chi connectivity index (χ1v) is 12.1. The van der Waals surface area contributed by atoms with Gasteiger partial charge in [-0.05, 0) is 63.9 Å². The van der Waals surface area contributed by atoms with Crippen LogP contribution in [0.25, 0.3) is 22.2 Å². The van der Waals surface area contributed by atoms with Crippen molar-refractivity contribution in [2.45, 2.75) is 64.8 Å². The third kappa shape index (κ3) is 4.80. The Hall–Kier alpha value is -2.72. The number of aromatic nitrogens is 3. The number of nitrogen functional groups attached to an aromatic ring is 1. The van der Waals surface area contributed by atoms with E-state index in [1.165, 1.54) is 13.0 Å². The molecule has 1 saturated heterocycles. The molecule has 1 fully saturated rings. The van der Waals surface area contributed by atoms with Gasteiger partial charge in [-0.1, -0.05) is 25.4 Å². The number of rotatable bonds is 5. The van der Waals surface area contributed by atoms with Gasteiger partial charge in [-0.2, -0.15) is 23.1 Å². The Balaban J connectivity index is 1.94. The van der Waals surface area contributed by atoms with Crippen LogP contribution in [0.2, 0.25) is 5.02 Å². The van der Waals surface area contributed by atoms with Crippen LogP contribution in [0, 0.1) is 12.7 Å². The summed E-state index contributed by atoms with van der Waals surface area (Å²) >= 11 is 6.39. The molecule has 0 bridgehead atoms. The number of aryl methyl sites for hydroxylation is 1. The summed E-state index contributed by atoms with van der Waals surface area (Å²) in [5.41, 5.74) is 3.53. The number of pyridine rings is 1. The highest BCUT2D eigenvalue weighted by molar-refractivity contribution is 6.34. The molecule has 36 heavy (non-hydrogen) atoms. The second-order valence-corrected chi connectivity index (χ2v) is 10.00. The van der Waals surface area contributed by atoms with Gasteiger partial charge in [0.05, 0.1) is 27.5 Å². The number of nitrogens with two attached hydrogens (primary N) is 1. The van der Waals surface area contributed by atoms with Crippen molar-refractivity contribution in [1.29, 1.82) is 0 Å². The van der Waals surface area contributed by atoms with Gasteiger partial charge in [-0.3, -0.25) is 4.90 Å². The van der Waals surface area contributed by atoms with Crippen LogP contribution in [0.1, 0.15) is 56.4 Å². The first kappa shape index (κ1) is 26.3. The standard InChI is InChI=1S/C25H28ClF4N5O/c1-11(2)21-14-10-15(26)18(23-19(25(28,29)30)12(3)9-17(31)32-23)20(27)22(14)34-24(33-21)36-13(4)16-7-6-8-35(16)5/h9-11,13,16H,6-8H2,1-5H3,(H2,31,32). The quantitative estimate of drug-likeness (QED) is 0.390. The summed E-state index contributed by atoms with van der Waals surface area (Å²) in [6, 6.07) is 2.57. The second-order valence-electron chi connectivity index (χ2n) is 9.59. The minimum atomic E-state index is -4.81. The zero-order valence-electron chi connectivity index (χ0n) is 20.7. The zero-order valence-corrected chi connectivity index (χ0v) is 21.4. The van der Waals surface area contributed by atoms with Crippen molar-refractivity contribution in [2.24, 2.45) is 0 Å². The number of alkyl halides is 3. The highest BCUT2D eigenvalue weighted by Crippen LogP contribution is 2.44. The predicted molar refractivity (Wildman–Crippen MR) is 132 cm³/mol. The number of likely N-dealkylation sites (tertiary alicyclic amines) is 1. The maximum absolute atomic E-state index is 16.1. The second kappa shape index (κ2) is 9.63. The highest BCUT2D eigenvalue weighted by Gasteiger charge is 2.38. The van der Waals surface area contributed by atoms with Crippen LogP contribution < -0.4 is 10.5 Å². The monoisotopic (exact) mass is 525 g/mol. The van der Waals surface area contributed by atoms with Crippen molar-refractivity contribution < 1.29 is 22.3 Å². The Morgan fingerprint density at radius 3 is 2.44 bits per heavy atom. The molecule has 2 unspecified atom stereocenters. The lowest BCUT2D eigenvalue weighted by Crippen LogP contribution is -2.38.